The molecule has 0 spiro atoms. The maximum absolute atomic E-state index is 12.3. The highest BCUT2D eigenvalue weighted by Gasteiger charge is 2.26. The summed E-state index contributed by atoms with van der Waals surface area (Å²) >= 11 is 0. The highest BCUT2D eigenvalue weighted by Crippen LogP contribution is 2.26. The molecule has 1 aromatic carbocycles. The van der Waals surface area contributed by atoms with Crippen LogP contribution in [0.1, 0.15) is 27.7 Å². The van der Waals surface area contributed by atoms with Crippen LogP contribution >= 0.6 is 0 Å². The molecule has 7 heteroatoms. The summed E-state index contributed by atoms with van der Waals surface area (Å²) < 4.78 is 7.22. The summed E-state index contributed by atoms with van der Waals surface area (Å²) in [4.78, 5) is 26.8. The van der Waals surface area contributed by atoms with Crippen LogP contribution in [0.3, 0.4) is 0 Å². The Kier molecular flexibility index (Phi) is 4.38. The Balaban J connectivity index is 1.57. The van der Waals surface area contributed by atoms with Gasteiger partial charge in [0.25, 0.3) is 5.91 Å². The van der Waals surface area contributed by atoms with E-state index >= 15 is 0 Å². The SMILES string of the molecule is O=C(O)c1cn(CCNC(=O)C2OCCc3ccccc32)cn1. The molecule has 1 atom stereocenters. The average Bonchev–Trinajstić information content (AvgIpc) is 3.03. The number of ether oxygens (including phenoxy) is 1. The van der Waals surface area contributed by atoms with Gasteiger partial charge in [-0.1, -0.05) is 24.3 Å². The number of fused-ring (bicyclic) bond motifs is 1. The molecule has 120 valence electrons. The number of imidazole rings is 1. The number of carbonyl (C=O) groups is 2. The summed E-state index contributed by atoms with van der Waals surface area (Å²) in [5.74, 6) is -1.25. The summed E-state index contributed by atoms with van der Waals surface area (Å²) in [7, 11) is 0. The molecular weight excluding hydrogens is 298 g/mol. The van der Waals surface area contributed by atoms with Crippen molar-refractivity contribution < 1.29 is 19.4 Å². The number of carboxylic acid groups (broad SMARTS) is 1. The van der Waals surface area contributed by atoms with Crippen molar-refractivity contribution in [3.8, 4) is 0 Å². The van der Waals surface area contributed by atoms with Crippen LogP contribution in [-0.2, 0) is 22.5 Å². The summed E-state index contributed by atoms with van der Waals surface area (Å²) in [6, 6.07) is 7.77. The fourth-order valence-corrected chi connectivity index (χ4v) is 2.60. The maximum atomic E-state index is 12.3. The van der Waals surface area contributed by atoms with Crippen molar-refractivity contribution in [2.75, 3.05) is 13.2 Å². The van der Waals surface area contributed by atoms with Gasteiger partial charge in [0, 0.05) is 19.3 Å². The Labute approximate surface area is 132 Å². The third kappa shape index (κ3) is 3.40. The van der Waals surface area contributed by atoms with Crippen LogP contribution in [0, 0.1) is 0 Å². The minimum atomic E-state index is -1.07. The zero-order chi connectivity index (χ0) is 16.2. The topological polar surface area (TPSA) is 93.5 Å². The molecule has 0 aliphatic carbocycles. The van der Waals surface area contributed by atoms with Crippen molar-refractivity contribution in [2.24, 2.45) is 0 Å². The zero-order valence-electron chi connectivity index (χ0n) is 12.4. The Hall–Kier alpha value is -2.67. The average molecular weight is 315 g/mol. The van der Waals surface area contributed by atoms with Gasteiger partial charge >= 0.3 is 5.97 Å². The van der Waals surface area contributed by atoms with Crippen molar-refractivity contribution in [3.63, 3.8) is 0 Å². The van der Waals surface area contributed by atoms with Crippen LogP contribution in [0.25, 0.3) is 0 Å². The van der Waals surface area contributed by atoms with Gasteiger partial charge in [0.1, 0.15) is 0 Å². The standard InChI is InChI=1S/C16H17N3O4/c20-15(14-12-4-2-1-3-11(12)5-8-23-14)17-6-7-19-9-13(16(21)22)18-10-19/h1-4,9-10,14H,5-8H2,(H,17,20)(H,21,22). The van der Waals surface area contributed by atoms with Crippen molar-refractivity contribution in [1.29, 1.82) is 0 Å². The molecule has 1 aliphatic rings. The number of carbonyl (C=O) groups excluding carboxylic acids is 1. The second kappa shape index (κ2) is 6.62. The molecule has 1 amide bonds. The van der Waals surface area contributed by atoms with E-state index in [0.717, 1.165) is 17.5 Å². The van der Waals surface area contributed by atoms with E-state index in [1.165, 1.54) is 12.5 Å². The molecule has 2 aromatic rings. The van der Waals surface area contributed by atoms with Crippen LogP contribution in [0.15, 0.2) is 36.8 Å². The van der Waals surface area contributed by atoms with Crippen molar-refractivity contribution >= 4 is 11.9 Å². The monoisotopic (exact) mass is 315 g/mol. The third-order valence-corrected chi connectivity index (χ3v) is 3.75. The van der Waals surface area contributed by atoms with Crippen LogP contribution in [0.4, 0.5) is 0 Å². The lowest BCUT2D eigenvalue weighted by atomic mass is 9.97. The van der Waals surface area contributed by atoms with E-state index in [2.05, 4.69) is 10.3 Å². The van der Waals surface area contributed by atoms with E-state index in [1.54, 1.807) is 4.57 Å². The molecule has 3 rings (SSSR count). The van der Waals surface area contributed by atoms with Crippen LogP contribution in [-0.4, -0.2) is 39.7 Å². The fraction of sp³-hybridized carbons (Fsp3) is 0.312. The molecule has 1 aromatic heterocycles. The van der Waals surface area contributed by atoms with Gasteiger partial charge in [-0.15, -0.1) is 0 Å². The zero-order valence-corrected chi connectivity index (χ0v) is 12.4. The molecule has 7 nitrogen and oxygen atoms in total. The molecular formula is C16H17N3O4. The predicted octanol–water partition coefficient (Wildman–Crippen LogP) is 1.01. The Morgan fingerprint density at radius 3 is 3.00 bits per heavy atom. The quantitative estimate of drug-likeness (QED) is 0.859. The first-order chi connectivity index (χ1) is 11.1. The van der Waals surface area contributed by atoms with Gasteiger partial charge in [0.05, 0.1) is 12.9 Å². The van der Waals surface area contributed by atoms with Gasteiger partial charge in [-0.05, 0) is 17.5 Å². The lowest BCUT2D eigenvalue weighted by Gasteiger charge is -2.25. The highest BCUT2D eigenvalue weighted by molar-refractivity contribution is 5.85. The van der Waals surface area contributed by atoms with E-state index in [0.29, 0.717) is 19.7 Å². The molecule has 2 N–H and O–H groups in total. The number of carboxylic acids is 1. The lowest BCUT2D eigenvalue weighted by Crippen LogP contribution is -2.35. The number of benzene rings is 1. The van der Waals surface area contributed by atoms with E-state index in [1.807, 2.05) is 24.3 Å². The van der Waals surface area contributed by atoms with Crippen LogP contribution in [0.5, 0.6) is 0 Å². The summed E-state index contributed by atoms with van der Waals surface area (Å²) in [6.07, 6.45) is 3.09. The first-order valence-electron chi connectivity index (χ1n) is 7.37. The second-order valence-electron chi connectivity index (χ2n) is 5.29. The Morgan fingerprint density at radius 2 is 2.22 bits per heavy atom. The number of nitrogens with one attached hydrogen (secondary N) is 1. The molecule has 0 saturated carbocycles. The molecule has 23 heavy (non-hydrogen) atoms. The molecule has 2 heterocycles. The maximum Gasteiger partial charge on any atom is 0.356 e. The van der Waals surface area contributed by atoms with Gasteiger partial charge < -0.3 is 19.7 Å². The van der Waals surface area contributed by atoms with Gasteiger partial charge in [0.15, 0.2) is 11.8 Å². The minimum absolute atomic E-state index is 0.0131. The number of hydrogen-bond acceptors (Lipinski definition) is 4. The number of aromatic carboxylic acids is 1. The molecule has 0 fully saturated rings. The number of aromatic nitrogens is 2. The van der Waals surface area contributed by atoms with E-state index in [-0.39, 0.29) is 11.6 Å². The van der Waals surface area contributed by atoms with Crippen molar-refractivity contribution in [1.82, 2.24) is 14.9 Å². The van der Waals surface area contributed by atoms with E-state index in [9.17, 15) is 9.59 Å². The van der Waals surface area contributed by atoms with Crippen molar-refractivity contribution in [2.45, 2.75) is 19.1 Å². The Bertz CT molecular complexity index is 726. The Morgan fingerprint density at radius 1 is 1.39 bits per heavy atom. The van der Waals surface area contributed by atoms with Gasteiger partial charge in [-0.25, -0.2) is 9.78 Å². The summed E-state index contributed by atoms with van der Waals surface area (Å²) in [5, 5.41) is 11.6. The molecule has 1 unspecified atom stereocenters. The smallest absolute Gasteiger partial charge is 0.356 e. The molecule has 0 bridgehead atoms. The van der Waals surface area contributed by atoms with E-state index < -0.39 is 12.1 Å². The number of amides is 1. The first-order valence-corrected chi connectivity index (χ1v) is 7.37. The predicted molar refractivity (Wildman–Crippen MR) is 81.0 cm³/mol. The lowest BCUT2D eigenvalue weighted by molar-refractivity contribution is -0.134. The first kappa shape index (κ1) is 15.2. The molecule has 0 saturated heterocycles. The van der Waals surface area contributed by atoms with Crippen molar-refractivity contribution in [3.05, 3.63) is 53.6 Å². The van der Waals surface area contributed by atoms with Gasteiger partial charge in [-0.2, -0.15) is 0 Å². The highest BCUT2D eigenvalue weighted by atomic mass is 16.5. The summed E-state index contributed by atoms with van der Waals surface area (Å²) in [5.41, 5.74) is 2.03. The van der Waals surface area contributed by atoms with Gasteiger partial charge in [-0.3, -0.25) is 4.79 Å². The normalized spacial score (nSPS) is 16.6. The second-order valence-corrected chi connectivity index (χ2v) is 5.29. The van der Waals surface area contributed by atoms with Crippen LogP contribution in [0.2, 0.25) is 0 Å². The fourth-order valence-electron chi connectivity index (χ4n) is 2.60. The molecule has 1 aliphatic heterocycles. The summed E-state index contributed by atoms with van der Waals surface area (Å²) in [6.45, 7) is 1.34. The van der Waals surface area contributed by atoms with Gasteiger partial charge in [0.2, 0.25) is 0 Å². The third-order valence-electron chi connectivity index (χ3n) is 3.75. The number of nitrogens with zero attached hydrogens (tertiary/aromatic N) is 2. The number of rotatable bonds is 5. The largest absolute Gasteiger partial charge is 0.476 e. The van der Waals surface area contributed by atoms with Crippen LogP contribution < -0.4 is 5.32 Å². The number of hydrogen-bond donors (Lipinski definition) is 2. The molecule has 0 radical (unpaired) electrons. The van der Waals surface area contributed by atoms with E-state index in [4.69, 9.17) is 9.84 Å². The minimum Gasteiger partial charge on any atom is -0.476 e.